The molecule has 0 saturated carbocycles. The van der Waals surface area contributed by atoms with Crippen LogP contribution in [0.2, 0.25) is 0 Å². The predicted octanol–water partition coefficient (Wildman–Crippen LogP) is 1.78. The summed E-state index contributed by atoms with van der Waals surface area (Å²) in [6.07, 6.45) is 2.55. The van der Waals surface area contributed by atoms with Crippen LogP contribution < -0.4 is 9.62 Å². The molecule has 0 aliphatic rings. The standard InChI is InChI=1S/C15H18N2O4S/c1-12-6-3-4-7-13(12)17(22(2,19)20)10-9-16-15(18)14-8-5-11-21-14/h3-8,11H,9-10H2,1-2H3,(H,16,18). The number of anilines is 1. The van der Waals surface area contributed by atoms with Crippen LogP contribution >= 0.6 is 0 Å². The Bertz CT molecular complexity index is 739. The van der Waals surface area contributed by atoms with E-state index in [1.165, 1.54) is 10.6 Å². The number of nitrogens with one attached hydrogen (secondary N) is 1. The number of nitrogens with zero attached hydrogens (tertiary/aromatic N) is 1. The molecule has 2 rings (SSSR count). The first kappa shape index (κ1) is 16.1. The van der Waals surface area contributed by atoms with Crippen LogP contribution in [-0.2, 0) is 10.0 Å². The molecular weight excluding hydrogens is 304 g/mol. The SMILES string of the molecule is Cc1ccccc1N(CCNC(=O)c1ccco1)S(C)(=O)=O. The Morgan fingerprint density at radius 1 is 1.23 bits per heavy atom. The highest BCUT2D eigenvalue weighted by atomic mass is 32.2. The van der Waals surface area contributed by atoms with Crippen LogP contribution in [0.25, 0.3) is 0 Å². The molecule has 118 valence electrons. The summed E-state index contributed by atoms with van der Waals surface area (Å²) < 4.78 is 30.2. The summed E-state index contributed by atoms with van der Waals surface area (Å²) in [5.41, 5.74) is 1.46. The largest absolute Gasteiger partial charge is 0.459 e. The molecule has 0 bridgehead atoms. The van der Waals surface area contributed by atoms with E-state index in [1.54, 1.807) is 24.3 Å². The van der Waals surface area contributed by atoms with Crippen molar-refractivity contribution in [3.05, 3.63) is 54.0 Å². The maximum absolute atomic E-state index is 12.0. The van der Waals surface area contributed by atoms with Crippen molar-refractivity contribution in [2.45, 2.75) is 6.92 Å². The maximum atomic E-state index is 12.0. The fourth-order valence-electron chi connectivity index (χ4n) is 2.07. The van der Waals surface area contributed by atoms with Crippen molar-refractivity contribution in [1.29, 1.82) is 0 Å². The summed E-state index contributed by atoms with van der Waals surface area (Å²) in [5.74, 6) is -0.176. The van der Waals surface area contributed by atoms with Crippen molar-refractivity contribution in [2.75, 3.05) is 23.7 Å². The van der Waals surface area contributed by atoms with Gasteiger partial charge in [0.25, 0.3) is 5.91 Å². The van der Waals surface area contributed by atoms with E-state index >= 15 is 0 Å². The Kier molecular flexibility index (Phi) is 4.87. The average Bonchev–Trinajstić information content (AvgIpc) is 2.97. The van der Waals surface area contributed by atoms with Gasteiger partial charge in [0.1, 0.15) is 0 Å². The quantitative estimate of drug-likeness (QED) is 0.879. The predicted molar refractivity (Wildman–Crippen MR) is 84.4 cm³/mol. The van der Waals surface area contributed by atoms with Crippen LogP contribution in [0.4, 0.5) is 5.69 Å². The van der Waals surface area contributed by atoms with Gasteiger partial charge in [-0.25, -0.2) is 8.42 Å². The second-order valence-electron chi connectivity index (χ2n) is 4.85. The Morgan fingerprint density at radius 3 is 2.55 bits per heavy atom. The van der Waals surface area contributed by atoms with Gasteiger partial charge in [-0.1, -0.05) is 18.2 Å². The summed E-state index contributed by atoms with van der Waals surface area (Å²) in [6, 6.07) is 10.4. The molecule has 1 N–H and O–H groups in total. The average molecular weight is 322 g/mol. The molecule has 0 aliphatic carbocycles. The minimum absolute atomic E-state index is 0.149. The zero-order valence-corrected chi connectivity index (χ0v) is 13.3. The number of sulfonamides is 1. The van der Waals surface area contributed by atoms with Gasteiger partial charge in [-0.3, -0.25) is 9.10 Å². The molecular formula is C15H18N2O4S. The van der Waals surface area contributed by atoms with Crippen LogP contribution in [0.15, 0.2) is 47.1 Å². The van der Waals surface area contributed by atoms with Crippen LogP contribution in [0, 0.1) is 6.92 Å². The van der Waals surface area contributed by atoms with E-state index in [-0.39, 0.29) is 24.8 Å². The fraction of sp³-hybridized carbons (Fsp3) is 0.267. The summed E-state index contributed by atoms with van der Waals surface area (Å²) in [5, 5.41) is 2.64. The van der Waals surface area contributed by atoms with Gasteiger partial charge in [0.15, 0.2) is 5.76 Å². The third kappa shape index (κ3) is 3.88. The number of aryl methyl sites for hydroxylation is 1. The van der Waals surface area contributed by atoms with Gasteiger partial charge < -0.3 is 9.73 Å². The summed E-state index contributed by atoms with van der Waals surface area (Å²) in [4.78, 5) is 11.8. The van der Waals surface area contributed by atoms with Crippen molar-refractivity contribution in [3.63, 3.8) is 0 Å². The lowest BCUT2D eigenvalue weighted by atomic mass is 10.2. The maximum Gasteiger partial charge on any atom is 0.287 e. The molecule has 0 saturated heterocycles. The fourth-order valence-corrected chi connectivity index (χ4v) is 3.06. The van der Waals surface area contributed by atoms with Gasteiger partial charge in [0, 0.05) is 6.54 Å². The van der Waals surface area contributed by atoms with Gasteiger partial charge in [-0.15, -0.1) is 0 Å². The number of hydrogen-bond acceptors (Lipinski definition) is 4. The van der Waals surface area contributed by atoms with Crippen LogP contribution in [-0.4, -0.2) is 33.7 Å². The van der Waals surface area contributed by atoms with Gasteiger partial charge in [-0.2, -0.15) is 0 Å². The molecule has 1 amide bonds. The second kappa shape index (κ2) is 6.65. The van der Waals surface area contributed by atoms with Crippen LogP contribution in [0.5, 0.6) is 0 Å². The van der Waals surface area contributed by atoms with Gasteiger partial charge in [0.05, 0.1) is 24.8 Å². The summed E-state index contributed by atoms with van der Waals surface area (Å²) >= 11 is 0. The third-order valence-corrected chi connectivity index (χ3v) is 4.31. The molecule has 1 heterocycles. The molecule has 22 heavy (non-hydrogen) atoms. The van der Waals surface area contributed by atoms with E-state index in [0.29, 0.717) is 5.69 Å². The summed E-state index contributed by atoms with van der Waals surface area (Å²) in [7, 11) is -3.43. The lowest BCUT2D eigenvalue weighted by molar-refractivity contribution is 0.0927. The first-order valence-electron chi connectivity index (χ1n) is 6.74. The van der Waals surface area contributed by atoms with Gasteiger partial charge in [-0.05, 0) is 30.7 Å². The number of para-hydroxylation sites is 1. The van der Waals surface area contributed by atoms with Gasteiger partial charge >= 0.3 is 0 Å². The first-order valence-corrected chi connectivity index (χ1v) is 8.59. The third-order valence-electron chi connectivity index (χ3n) is 3.13. The Hall–Kier alpha value is -2.28. The number of amides is 1. The summed E-state index contributed by atoms with van der Waals surface area (Å²) in [6.45, 7) is 2.17. The number of carbonyl (C=O) groups excluding carboxylic acids is 1. The smallest absolute Gasteiger partial charge is 0.287 e. The monoisotopic (exact) mass is 322 g/mol. The zero-order chi connectivity index (χ0) is 16.2. The topological polar surface area (TPSA) is 79.6 Å². The molecule has 0 radical (unpaired) electrons. The molecule has 6 nitrogen and oxygen atoms in total. The second-order valence-corrected chi connectivity index (χ2v) is 6.76. The lowest BCUT2D eigenvalue weighted by Crippen LogP contribution is -2.38. The number of hydrogen-bond donors (Lipinski definition) is 1. The van der Waals surface area contributed by atoms with Crippen molar-refractivity contribution in [1.82, 2.24) is 5.32 Å². The van der Waals surface area contributed by atoms with Crippen molar-refractivity contribution < 1.29 is 17.6 Å². The molecule has 7 heteroatoms. The van der Waals surface area contributed by atoms with Crippen LogP contribution in [0.1, 0.15) is 16.1 Å². The van der Waals surface area contributed by atoms with Crippen molar-refractivity contribution >= 4 is 21.6 Å². The van der Waals surface area contributed by atoms with Gasteiger partial charge in [0.2, 0.25) is 10.0 Å². The van der Waals surface area contributed by atoms with E-state index in [2.05, 4.69) is 5.32 Å². The Balaban J connectivity index is 2.06. The van der Waals surface area contributed by atoms with E-state index in [9.17, 15) is 13.2 Å². The molecule has 0 unspecified atom stereocenters. The molecule has 1 aromatic carbocycles. The molecule has 0 atom stereocenters. The molecule has 0 fully saturated rings. The van der Waals surface area contributed by atoms with Crippen molar-refractivity contribution in [3.8, 4) is 0 Å². The molecule has 0 aliphatic heterocycles. The number of carbonyl (C=O) groups is 1. The number of rotatable bonds is 6. The van der Waals surface area contributed by atoms with E-state index in [1.807, 2.05) is 19.1 Å². The lowest BCUT2D eigenvalue weighted by Gasteiger charge is -2.24. The highest BCUT2D eigenvalue weighted by Crippen LogP contribution is 2.21. The highest BCUT2D eigenvalue weighted by Gasteiger charge is 2.19. The number of benzene rings is 1. The Morgan fingerprint density at radius 2 is 1.95 bits per heavy atom. The number of furan rings is 1. The van der Waals surface area contributed by atoms with E-state index in [0.717, 1.165) is 11.8 Å². The zero-order valence-electron chi connectivity index (χ0n) is 12.4. The minimum atomic E-state index is -3.43. The highest BCUT2D eigenvalue weighted by molar-refractivity contribution is 7.92. The molecule has 1 aromatic heterocycles. The minimum Gasteiger partial charge on any atom is -0.459 e. The van der Waals surface area contributed by atoms with Crippen LogP contribution in [0.3, 0.4) is 0 Å². The van der Waals surface area contributed by atoms with E-state index < -0.39 is 10.0 Å². The molecule has 2 aromatic rings. The first-order chi connectivity index (χ1) is 10.4. The Labute approximate surface area is 129 Å². The van der Waals surface area contributed by atoms with E-state index in [4.69, 9.17) is 4.42 Å². The van der Waals surface area contributed by atoms with Crippen molar-refractivity contribution in [2.24, 2.45) is 0 Å². The normalized spacial score (nSPS) is 11.2. The molecule has 0 spiro atoms.